The number of hydrazine groups is 1. The molecule has 2 fully saturated rings. The van der Waals surface area contributed by atoms with Crippen LogP contribution in [0.3, 0.4) is 0 Å². The molecule has 0 aromatic heterocycles. The summed E-state index contributed by atoms with van der Waals surface area (Å²) >= 11 is 0. The van der Waals surface area contributed by atoms with Gasteiger partial charge in [-0.1, -0.05) is 0 Å². The molecule has 3 heteroatoms. The van der Waals surface area contributed by atoms with Crippen molar-refractivity contribution in [2.75, 3.05) is 27.2 Å². The molecule has 0 radical (unpaired) electrons. The molecule has 2 atom stereocenters. The standard InChI is InChI=1S/C10H21N3/c1-8(2)12-6-10-5-9(12)7-13(10)11(3)4/h8-10H,5-7H2,1-4H3. The third-order valence-corrected chi connectivity index (χ3v) is 3.43. The van der Waals surface area contributed by atoms with Gasteiger partial charge in [-0.3, -0.25) is 4.90 Å². The van der Waals surface area contributed by atoms with Gasteiger partial charge in [0.1, 0.15) is 0 Å². The van der Waals surface area contributed by atoms with Crippen LogP contribution in [0.15, 0.2) is 0 Å². The monoisotopic (exact) mass is 183 g/mol. The molecule has 0 saturated carbocycles. The van der Waals surface area contributed by atoms with Gasteiger partial charge in [0.15, 0.2) is 0 Å². The summed E-state index contributed by atoms with van der Waals surface area (Å²) in [4.78, 5) is 2.64. The Morgan fingerprint density at radius 2 is 1.85 bits per heavy atom. The zero-order valence-corrected chi connectivity index (χ0v) is 9.20. The summed E-state index contributed by atoms with van der Waals surface area (Å²) in [7, 11) is 4.31. The van der Waals surface area contributed by atoms with E-state index < -0.39 is 0 Å². The summed E-state index contributed by atoms with van der Waals surface area (Å²) < 4.78 is 0. The fourth-order valence-corrected chi connectivity index (χ4v) is 2.80. The van der Waals surface area contributed by atoms with E-state index in [0.29, 0.717) is 0 Å². The van der Waals surface area contributed by atoms with E-state index in [-0.39, 0.29) is 0 Å². The lowest BCUT2D eigenvalue weighted by Gasteiger charge is -2.39. The van der Waals surface area contributed by atoms with Crippen molar-refractivity contribution in [2.45, 2.75) is 38.4 Å². The number of fused-ring (bicyclic) bond motifs is 2. The van der Waals surface area contributed by atoms with Gasteiger partial charge in [-0.15, -0.1) is 0 Å². The predicted octanol–water partition coefficient (Wildman–Crippen LogP) is 0.630. The van der Waals surface area contributed by atoms with E-state index in [9.17, 15) is 0 Å². The Balaban J connectivity index is 1.99. The van der Waals surface area contributed by atoms with E-state index in [2.05, 4.69) is 42.9 Å². The highest BCUT2D eigenvalue weighted by Crippen LogP contribution is 2.32. The Hall–Kier alpha value is -0.120. The van der Waals surface area contributed by atoms with Crippen LogP contribution < -0.4 is 0 Å². The first-order valence-electron chi connectivity index (χ1n) is 5.29. The van der Waals surface area contributed by atoms with Gasteiger partial charge in [-0.05, 0) is 20.3 Å². The van der Waals surface area contributed by atoms with Crippen molar-refractivity contribution in [3.8, 4) is 0 Å². The fraction of sp³-hybridized carbons (Fsp3) is 1.00. The van der Waals surface area contributed by atoms with Crippen LogP contribution in [0, 0.1) is 0 Å². The van der Waals surface area contributed by atoms with Gasteiger partial charge in [0.25, 0.3) is 0 Å². The highest BCUT2D eigenvalue weighted by atomic mass is 15.6. The second kappa shape index (κ2) is 3.23. The fourth-order valence-electron chi connectivity index (χ4n) is 2.80. The number of nitrogens with zero attached hydrogens (tertiary/aromatic N) is 3. The Morgan fingerprint density at radius 3 is 2.23 bits per heavy atom. The zero-order valence-electron chi connectivity index (χ0n) is 9.20. The minimum atomic E-state index is 0.722. The van der Waals surface area contributed by atoms with E-state index in [1.165, 1.54) is 19.5 Å². The first-order valence-corrected chi connectivity index (χ1v) is 5.29. The molecule has 2 bridgehead atoms. The molecule has 2 saturated heterocycles. The summed E-state index contributed by atoms with van der Waals surface area (Å²) in [5.74, 6) is 0. The molecule has 2 aliphatic rings. The average molecular weight is 183 g/mol. The lowest BCUT2D eigenvalue weighted by Crippen LogP contribution is -2.52. The van der Waals surface area contributed by atoms with Crippen molar-refractivity contribution in [1.29, 1.82) is 0 Å². The van der Waals surface area contributed by atoms with Crippen molar-refractivity contribution >= 4 is 0 Å². The average Bonchev–Trinajstić information content (AvgIpc) is 2.60. The molecule has 0 aliphatic carbocycles. The Morgan fingerprint density at radius 1 is 1.15 bits per heavy atom. The molecule has 13 heavy (non-hydrogen) atoms. The molecular weight excluding hydrogens is 162 g/mol. The summed E-state index contributed by atoms with van der Waals surface area (Å²) in [5.41, 5.74) is 0. The number of piperazine rings is 1. The predicted molar refractivity (Wildman–Crippen MR) is 54.4 cm³/mol. The SMILES string of the molecule is CC(C)N1CC2CC1CN2N(C)C. The second-order valence-electron chi connectivity index (χ2n) is 4.80. The maximum Gasteiger partial charge on any atom is 0.0389 e. The van der Waals surface area contributed by atoms with Gasteiger partial charge in [0, 0.05) is 45.3 Å². The van der Waals surface area contributed by atoms with Gasteiger partial charge >= 0.3 is 0 Å². The van der Waals surface area contributed by atoms with Gasteiger partial charge in [0.2, 0.25) is 0 Å². The van der Waals surface area contributed by atoms with Gasteiger partial charge in [-0.2, -0.15) is 0 Å². The highest BCUT2D eigenvalue weighted by molar-refractivity contribution is 4.99. The molecule has 2 aliphatic heterocycles. The molecule has 0 aromatic carbocycles. The molecule has 0 N–H and O–H groups in total. The summed E-state index contributed by atoms with van der Waals surface area (Å²) in [6, 6.07) is 2.31. The topological polar surface area (TPSA) is 9.72 Å². The van der Waals surface area contributed by atoms with E-state index in [4.69, 9.17) is 0 Å². The minimum Gasteiger partial charge on any atom is -0.295 e. The van der Waals surface area contributed by atoms with Crippen molar-refractivity contribution in [3.05, 3.63) is 0 Å². The van der Waals surface area contributed by atoms with Gasteiger partial charge in [-0.25, -0.2) is 10.0 Å². The highest BCUT2D eigenvalue weighted by Gasteiger charge is 2.44. The first-order chi connectivity index (χ1) is 6.09. The molecule has 0 amide bonds. The third kappa shape index (κ3) is 1.49. The number of hydrogen-bond acceptors (Lipinski definition) is 3. The lowest BCUT2D eigenvalue weighted by molar-refractivity contribution is -0.0310. The van der Waals surface area contributed by atoms with E-state index >= 15 is 0 Å². The molecule has 2 unspecified atom stereocenters. The Labute approximate surface area is 81.3 Å². The van der Waals surface area contributed by atoms with Gasteiger partial charge in [0.05, 0.1) is 0 Å². The van der Waals surface area contributed by atoms with Crippen molar-refractivity contribution < 1.29 is 0 Å². The number of hydrogen-bond donors (Lipinski definition) is 0. The van der Waals surface area contributed by atoms with Crippen LogP contribution in [0.25, 0.3) is 0 Å². The van der Waals surface area contributed by atoms with E-state index in [1.54, 1.807) is 0 Å². The maximum absolute atomic E-state index is 2.64. The van der Waals surface area contributed by atoms with Crippen LogP contribution in [-0.4, -0.2) is 60.2 Å². The first kappa shape index (κ1) is 9.44. The maximum atomic E-state index is 2.64. The number of rotatable bonds is 2. The molecule has 0 aromatic rings. The summed E-state index contributed by atoms with van der Waals surface area (Å²) in [6.07, 6.45) is 1.37. The van der Waals surface area contributed by atoms with Crippen LogP contribution in [-0.2, 0) is 0 Å². The molecule has 0 spiro atoms. The molecule has 3 nitrogen and oxygen atoms in total. The molecule has 2 rings (SSSR count). The molecule has 2 heterocycles. The van der Waals surface area contributed by atoms with Crippen LogP contribution in [0.5, 0.6) is 0 Å². The Kier molecular flexibility index (Phi) is 2.34. The van der Waals surface area contributed by atoms with Gasteiger partial charge < -0.3 is 0 Å². The molecule has 76 valence electrons. The summed E-state index contributed by atoms with van der Waals surface area (Å²) in [5, 5.41) is 4.76. The normalized spacial score (nSPS) is 35.5. The van der Waals surface area contributed by atoms with Crippen molar-refractivity contribution in [1.82, 2.24) is 14.9 Å². The smallest absolute Gasteiger partial charge is 0.0389 e. The zero-order chi connectivity index (χ0) is 9.59. The largest absolute Gasteiger partial charge is 0.295 e. The third-order valence-electron chi connectivity index (χ3n) is 3.43. The quantitative estimate of drug-likeness (QED) is 0.622. The second-order valence-corrected chi connectivity index (χ2v) is 4.80. The Bertz CT molecular complexity index is 171. The van der Waals surface area contributed by atoms with Crippen LogP contribution >= 0.6 is 0 Å². The lowest BCUT2D eigenvalue weighted by atomic mass is 10.2. The van der Waals surface area contributed by atoms with E-state index in [1.807, 2.05) is 0 Å². The minimum absolute atomic E-state index is 0.722. The van der Waals surface area contributed by atoms with Crippen molar-refractivity contribution in [3.63, 3.8) is 0 Å². The van der Waals surface area contributed by atoms with E-state index in [0.717, 1.165) is 18.1 Å². The van der Waals surface area contributed by atoms with Crippen LogP contribution in [0.2, 0.25) is 0 Å². The van der Waals surface area contributed by atoms with Crippen LogP contribution in [0.1, 0.15) is 20.3 Å². The number of likely N-dealkylation sites (tertiary alicyclic amines) is 1. The molecular formula is C10H21N3. The van der Waals surface area contributed by atoms with Crippen LogP contribution in [0.4, 0.5) is 0 Å². The van der Waals surface area contributed by atoms with Crippen molar-refractivity contribution in [2.24, 2.45) is 0 Å². The summed E-state index contributed by atoms with van der Waals surface area (Å²) in [6.45, 7) is 7.11.